The number of halogens is 1. The van der Waals surface area contributed by atoms with Crippen molar-refractivity contribution in [2.75, 3.05) is 38.6 Å². The number of unbranched alkanes of at least 4 members (excludes halogenated alkanes) is 1. The van der Waals surface area contributed by atoms with Gasteiger partial charge in [0.05, 0.1) is 11.8 Å². The van der Waals surface area contributed by atoms with Gasteiger partial charge in [-0.2, -0.15) is 5.01 Å². The van der Waals surface area contributed by atoms with E-state index in [-0.39, 0.29) is 24.2 Å². The van der Waals surface area contributed by atoms with Gasteiger partial charge < -0.3 is 10.6 Å². The third-order valence-electron chi connectivity index (χ3n) is 5.05. The predicted molar refractivity (Wildman–Crippen MR) is 118 cm³/mol. The summed E-state index contributed by atoms with van der Waals surface area (Å²) in [7, 11) is 0. The first kappa shape index (κ1) is 22.6. The minimum Gasteiger partial charge on any atom is -0.335 e. The summed E-state index contributed by atoms with van der Waals surface area (Å²) in [6.07, 6.45) is 1.42. The number of amides is 4. The Hall–Kier alpha value is -3.04. The van der Waals surface area contributed by atoms with E-state index in [1.165, 1.54) is 4.90 Å². The Morgan fingerprint density at radius 2 is 1.68 bits per heavy atom. The number of imide groups is 1. The fourth-order valence-electron chi connectivity index (χ4n) is 3.54. The molecule has 4 amide bonds. The van der Waals surface area contributed by atoms with Gasteiger partial charge in [0.25, 0.3) is 11.8 Å². The molecule has 3 rings (SSSR count). The highest BCUT2D eigenvalue weighted by Crippen LogP contribution is 2.29. The van der Waals surface area contributed by atoms with Crippen LogP contribution in [0, 0.1) is 4.91 Å². The average Bonchev–Trinajstić information content (AvgIpc) is 2.79. The molecule has 31 heavy (non-hydrogen) atoms. The first-order chi connectivity index (χ1) is 15.1. The highest BCUT2D eigenvalue weighted by Gasteiger charge is 2.31. The van der Waals surface area contributed by atoms with Crippen LogP contribution in [0.5, 0.6) is 0 Å². The lowest BCUT2D eigenvalue weighted by atomic mass is 9.94. The SMILES string of the molecule is O=NN(CCCl)C(=O)NCCNCCCCN1C(=O)c2cccc3cccc(c23)C1=O. The number of rotatable bonds is 11. The molecule has 0 spiro atoms. The minimum absolute atomic E-state index is 0.0528. The van der Waals surface area contributed by atoms with Crippen molar-refractivity contribution < 1.29 is 14.4 Å². The lowest BCUT2D eigenvalue weighted by Crippen LogP contribution is -2.41. The van der Waals surface area contributed by atoms with Crippen LogP contribution in [0.15, 0.2) is 41.7 Å². The summed E-state index contributed by atoms with van der Waals surface area (Å²) in [5, 5.41) is 10.7. The molecule has 0 saturated carbocycles. The molecule has 0 radical (unpaired) electrons. The summed E-state index contributed by atoms with van der Waals surface area (Å²) in [5.41, 5.74) is 1.13. The molecule has 0 unspecified atom stereocenters. The van der Waals surface area contributed by atoms with Crippen LogP contribution >= 0.6 is 11.6 Å². The first-order valence-corrected chi connectivity index (χ1v) is 10.6. The van der Waals surface area contributed by atoms with Gasteiger partial charge in [-0.15, -0.1) is 16.5 Å². The van der Waals surface area contributed by atoms with Gasteiger partial charge in [0.15, 0.2) is 0 Å². The van der Waals surface area contributed by atoms with Crippen molar-refractivity contribution in [3.05, 3.63) is 52.4 Å². The number of urea groups is 1. The Kier molecular flexibility index (Phi) is 7.91. The number of nitroso groups, excluding NO2 is 1. The van der Waals surface area contributed by atoms with E-state index in [1.807, 2.05) is 24.3 Å². The molecule has 0 atom stereocenters. The Morgan fingerprint density at radius 1 is 1.00 bits per heavy atom. The van der Waals surface area contributed by atoms with Gasteiger partial charge in [0.1, 0.15) is 0 Å². The van der Waals surface area contributed by atoms with Crippen LogP contribution in [0.2, 0.25) is 0 Å². The molecular formula is C21H24ClN5O4. The van der Waals surface area contributed by atoms with Gasteiger partial charge in [-0.1, -0.05) is 24.3 Å². The highest BCUT2D eigenvalue weighted by atomic mass is 35.5. The van der Waals surface area contributed by atoms with Crippen LogP contribution in [0.1, 0.15) is 33.6 Å². The molecule has 2 aromatic carbocycles. The van der Waals surface area contributed by atoms with Crippen molar-refractivity contribution >= 4 is 40.2 Å². The first-order valence-electron chi connectivity index (χ1n) is 10.1. The number of carbonyl (C=O) groups is 3. The maximum Gasteiger partial charge on any atom is 0.340 e. The quantitative estimate of drug-likeness (QED) is 0.181. The lowest BCUT2D eigenvalue weighted by Gasteiger charge is -2.27. The normalized spacial score (nSPS) is 12.9. The van der Waals surface area contributed by atoms with Crippen molar-refractivity contribution in [3.8, 4) is 0 Å². The number of nitrogens with zero attached hydrogens (tertiary/aromatic N) is 3. The van der Waals surface area contributed by atoms with E-state index >= 15 is 0 Å². The second-order valence-corrected chi connectivity index (χ2v) is 7.43. The van der Waals surface area contributed by atoms with Gasteiger partial charge in [0, 0.05) is 42.0 Å². The third kappa shape index (κ3) is 5.18. The minimum atomic E-state index is -0.588. The largest absolute Gasteiger partial charge is 0.340 e. The molecular weight excluding hydrogens is 422 g/mol. The number of alkyl halides is 1. The fourth-order valence-corrected chi connectivity index (χ4v) is 3.70. The van der Waals surface area contributed by atoms with Crippen LogP contribution in [0.4, 0.5) is 4.79 Å². The van der Waals surface area contributed by atoms with E-state index in [4.69, 9.17) is 11.6 Å². The van der Waals surface area contributed by atoms with Crippen LogP contribution in [-0.2, 0) is 0 Å². The Bertz CT molecular complexity index is 933. The molecule has 0 aromatic heterocycles. The summed E-state index contributed by atoms with van der Waals surface area (Å²) in [5.74, 6) is -0.384. The third-order valence-corrected chi connectivity index (χ3v) is 5.22. The zero-order valence-electron chi connectivity index (χ0n) is 17.0. The van der Waals surface area contributed by atoms with Crippen molar-refractivity contribution in [1.29, 1.82) is 0 Å². The maximum atomic E-state index is 12.8. The molecule has 10 heteroatoms. The van der Waals surface area contributed by atoms with E-state index < -0.39 is 6.03 Å². The second-order valence-electron chi connectivity index (χ2n) is 7.05. The van der Waals surface area contributed by atoms with E-state index in [0.717, 1.165) is 22.2 Å². The summed E-state index contributed by atoms with van der Waals surface area (Å²) < 4.78 is 0. The molecule has 1 aliphatic rings. The zero-order valence-corrected chi connectivity index (χ0v) is 17.7. The standard InChI is InChI=1S/C21H24ClN5O4/c22-9-14-27(25-31)21(30)24-12-11-23-10-1-2-13-26-19(28)16-7-3-5-15-6-4-8-17(18(15)16)20(26)29/h3-8,23H,1-2,9-14H2,(H,24,30). The molecule has 2 aromatic rings. The van der Waals surface area contributed by atoms with Gasteiger partial charge >= 0.3 is 6.03 Å². The van der Waals surface area contributed by atoms with Crippen LogP contribution in [0.25, 0.3) is 10.8 Å². The van der Waals surface area contributed by atoms with E-state index in [0.29, 0.717) is 43.7 Å². The summed E-state index contributed by atoms with van der Waals surface area (Å²) in [6, 6.07) is 10.4. The molecule has 9 nitrogen and oxygen atoms in total. The Morgan fingerprint density at radius 3 is 2.29 bits per heavy atom. The molecule has 0 aliphatic carbocycles. The van der Waals surface area contributed by atoms with Gasteiger partial charge in [0.2, 0.25) is 0 Å². The number of hydrogen-bond donors (Lipinski definition) is 2. The molecule has 164 valence electrons. The summed E-state index contributed by atoms with van der Waals surface area (Å²) in [4.78, 5) is 49.1. The molecule has 0 bridgehead atoms. The van der Waals surface area contributed by atoms with Crippen LogP contribution in [0.3, 0.4) is 0 Å². The molecule has 1 aliphatic heterocycles. The average molecular weight is 446 g/mol. The summed E-state index contributed by atoms with van der Waals surface area (Å²) >= 11 is 5.49. The molecule has 0 saturated heterocycles. The van der Waals surface area contributed by atoms with Crippen molar-refractivity contribution in [2.24, 2.45) is 5.29 Å². The van der Waals surface area contributed by atoms with Crippen molar-refractivity contribution in [2.45, 2.75) is 12.8 Å². The molecule has 2 N–H and O–H groups in total. The monoisotopic (exact) mass is 445 g/mol. The second kappa shape index (κ2) is 10.8. The predicted octanol–water partition coefficient (Wildman–Crippen LogP) is 2.74. The van der Waals surface area contributed by atoms with E-state index in [2.05, 4.69) is 15.9 Å². The lowest BCUT2D eigenvalue weighted by molar-refractivity contribution is 0.0608. The Balaban J connectivity index is 1.40. The van der Waals surface area contributed by atoms with Crippen molar-refractivity contribution in [3.63, 3.8) is 0 Å². The van der Waals surface area contributed by atoms with E-state index in [9.17, 15) is 19.3 Å². The van der Waals surface area contributed by atoms with Crippen LogP contribution < -0.4 is 10.6 Å². The van der Waals surface area contributed by atoms with Gasteiger partial charge in [-0.3, -0.25) is 14.5 Å². The smallest absolute Gasteiger partial charge is 0.335 e. The maximum absolute atomic E-state index is 12.8. The highest BCUT2D eigenvalue weighted by molar-refractivity contribution is 6.25. The zero-order chi connectivity index (χ0) is 22.2. The topological polar surface area (TPSA) is 111 Å². The van der Waals surface area contributed by atoms with Gasteiger partial charge in [-0.05, 0) is 36.9 Å². The number of benzene rings is 2. The van der Waals surface area contributed by atoms with Gasteiger partial charge in [-0.25, -0.2) is 4.79 Å². The fraction of sp³-hybridized carbons (Fsp3) is 0.381. The number of carbonyl (C=O) groups excluding carboxylic acids is 3. The molecule has 1 heterocycles. The van der Waals surface area contributed by atoms with Crippen LogP contribution in [-0.4, -0.2) is 66.4 Å². The van der Waals surface area contributed by atoms with Crippen molar-refractivity contribution in [1.82, 2.24) is 20.5 Å². The number of nitrogens with one attached hydrogen (secondary N) is 2. The summed E-state index contributed by atoms with van der Waals surface area (Å²) in [6.45, 7) is 1.90. The number of hydrogen-bond acceptors (Lipinski definition) is 6. The Labute approximate surface area is 184 Å². The molecule has 0 fully saturated rings. The van der Waals surface area contributed by atoms with E-state index in [1.54, 1.807) is 12.1 Å².